The standard InChI is InChI=1S/C25H34N4O2/c1-5-17(2)21-12-28(16-27-21)20-9-25(10-20)13-29(14-25)23(30)19-8-18(3)22(26-11-19)31-15-24(4)6-7-24/h8,11-12,16-17,20H,5-7,9-10,13-15H2,1-4H3. The minimum absolute atomic E-state index is 0.0899. The van der Waals surface area contributed by atoms with Crippen LogP contribution in [0, 0.1) is 17.8 Å². The quantitative estimate of drug-likeness (QED) is 0.646. The van der Waals surface area contributed by atoms with Gasteiger partial charge in [0.1, 0.15) is 0 Å². The maximum absolute atomic E-state index is 12.9. The lowest BCUT2D eigenvalue weighted by Gasteiger charge is -2.59. The number of aromatic nitrogens is 3. The van der Waals surface area contributed by atoms with Crippen molar-refractivity contribution in [3.8, 4) is 5.88 Å². The first kappa shape index (κ1) is 20.5. The van der Waals surface area contributed by atoms with Gasteiger partial charge in [-0.1, -0.05) is 20.8 Å². The first-order valence-corrected chi connectivity index (χ1v) is 11.7. The van der Waals surface area contributed by atoms with Gasteiger partial charge < -0.3 is 14.2 Å². The highest BCUT2D eigenvalue weighted by Crippen LogP contribution is 2.54. The topological polar surface area (TPSA) is 60.2 Å². The molecule has 2 aliphatic carbocycles. The lowest BCUT2D eigenvalue weighted by molar-refractivity contribution is -0.0711. The largest absolute Gasteiger partial charge is 0.477 e. The Labute approximate surface area is 185 Å². The summed E-state index contributed by atoms with van der Waals surface area (Å²) in [5.41, 5.74) is 3.41. The number of hydrogen-bond acceptors (Lipinski definition) is 4. The van der Waals surface area contributed by atoms with E-state index in [1.54, 1.807) is 6.20 Å². The minimum atomic E-state index is 0.0899. The van der Waals surface area contributed by atoms with Crippen LogP contribution in [0.5, 0.6) is 5.88 Å². The third-order valence-electron chi connectivity index (χ3n) is 7.78. The van der Waals surface area contributed by atoms with Crippen LogP contribution in [0.25, 0.3) is 0 Å². The molecule has 1 atom stereocenters. The second-order valence-corrected chi connectivity index (χ2v) is 10.7. The van der Waals surface area contributed by atoms with Crippen LogP contribution in [-0.4, -0.2) is 45.0 Å². The fourth-order valence-electron chi connectivity index (χ4n) is 4.95. The summed E-state index contributed by atoms with van der Waals surface area (Å²) in [7, 11) is 0. The number of carbonyl (C=O) groups excluding carboxylic acids is 1. The van der Waals surface area contributed by atoms with E-state index in [0.29, 0.717) is 40.8 Å². The third kappa shape index (κ3) is 3.85. The summed E-state index contributed by atoms with van der Waals surface area (Å²) in [5, 5.41) is 0. The number of rotatable bonds is 7. The van der Waals surface area contributed by atoms with Crippen molar-refractivity contribution in [2.75, 3.05) is 19.7 Å². The maximum atomic E-state index is 12.9. The predicted molar refractivity (Wildman–Crippen MR) is 119 cm³/mol. The zero-order valence-corrected chi connectivity index (χ0v) is 19.2. The summed E-state index contributed by atoms with van der Waals surface area (Å²) in [6.45, 7) is 11.1. The van der Waals surface area contributed by atoms with Crippen molar-refractivity contribution in [3.05, 3.63) is 41.6 Å². The van der Waals surface area contributed by atoms with E-state index in [1.165, 1.54) is 18.5 Å². The van der Waals surface area contributed by atoms with Crippen LogP contribution in [-0.2, 0) is 0 Å². The van der Waals surface area contributed by atoms with Gasteiger partial charge in [0.15, 0.2) is 0 Å². The van der Waals surface area contributed by atoms with E-state index in [9.17, 15) is 4.79 Å². The van der Waals surface area contributed by atoms with Gasteiger partial charge in [-0.05, 0) is 51.0 Å². The number of amides is 1. The van der Waals surface area contributed by atoms with Crippen molar-refractivity contribution in [1.82, 2.24) is 19.4 Å². The van der Waals surface area contributed by atoms with Crippen LogP contribution < -0.4 is 4.74 Å². The van der Waals surface area contributed by atoms with E-state index in [4.69, 9.17) is 4.74 Å². The molecule has 1 amide bonds. The molecule has 3 heterocycles. The number of carbonyl (C=O) groups is 1. The van der Waals surface area contributed by atoms with Crippen LogP contribution in [0.15, 0.2) is 24.8 Å². The fourth-order valence-corrected chi connectivity index (χ4v) is 4.95. The first-order chi connectivity index (χ1) is 14.8. The van der Waals surface area contributed by atoms with Crippen LogP contribution in [0.2, 0.25) is 0 Å². The van der Waals surface area contributed by atoms with E-state index >= 15 is 0 Å². The number of pyridine rings is 1. The van der Waals surface area contributed by atoms with Crippen LogP contribution in [0.3, 0.4) is 0 Å². The summed E-state index contributed by atoms with van der Waals surface area (Å²) >= 11 is 0. The van der Waals surface area contributed by atoms with E-state index in [-0.39, 0.29) is 5.91 Å². The fraction of sp³-hybridized carbons (Fsp3) is 0.640. The van der Waals surface area contributed by atoms with Gasteiger partial charge in [-0.25, -0.2) is 9.97 Å². The molecule has 6 nitrogen and oxygen atoms in total. The lowest BCUT2D eigenvalue weighted by atomic mass is 9.60. The molecule has 3 fully saturated rings. The molecule has 2 aromatic heterocycles. The highest BCUT2D eigenvalue weighted by Gasteiger charge is 2.54. The number of likely N-dealkylation sites (tertiary alicyclic amines) is 1. The highest BCUT2D eigenvalue weighted by atomic mass is 16.5. The van der Waals surface area contributed by atoms with Crippen LogP contribution in [0.4, 0.5) is 0 Å². The molecule has 0 N–H and O–H groups in total. The van der Waals surface area contributed by atoms with Crippen molar-refractivity contribution < 1.29 is 9.53 Å². The first-order valence-electron chi connectivity index (χ1n) is 11.7. The summed E-state index contributed by atoms with van der Waals surface area (Å²) in [6.07, 6.45) is 11.7. The molecule has 166 valence electrons. The Balaban J connectivity index is 1.14. The third-order valence-corrected chi connectivity index (χ3v) is 7.78. The molecule has 31 heavy (non-hydrogen) atoms. The Morgan fingerprint density at radius 3 is 2.68 bits per heavy atom. The van der Waals surface area contributed by atoms with Gasteiger partial charge in [-0.2, -0.15) is 0 Å². The van der Waals surface area contributed by atoms with Crippen molar-refractivity contribution in [2.24, 2.45) is 10.8 Å². The Morgan fingerprint density at radius 2 is 2.03 bits per heavy atom. The zero-order chi connectivity index (χ0) is 21.8. The Morgan fingerprint density at radius 1 is 1.29 bits per heavy atom. The smallest absolute Gasteiger partial charge is 0.255 e. The number of aryl methyl sites for hydroxylation is 1. The maximum Gasteiger partial charge on any atom is 0.255 e. The van der Waals surface area contributed by atoms with Crippen LogP contribution >= 0.6 is 0 Å². The number of imidazole rings is 1. The molecule has 0 aromatic carbocycles. The summed E-state index contributed by atoms with van der Waals surface area (Å²) in [5.74, 6) is 1.26. The van der Waals surface area contributed by atoms with E-state index < -0.39 is 0 Å². The molecule has 0 radical (unpaired) electrons. The van der Waals surface area contributed by atoms with Gasteiger partial charge in [0.05, 0.1) is 24.2 Å². The molecule has 2 aromatic rings. The van der Waals surface area contributed by atoms with Gasteiger partial charge in [0.2, 0.25) is 5.88 Å². The van der Waals surface area contributed by atoms with Crippen molar-refractivity contribution in [2.45, 2.75) is 71.8 Å². The Kier molecular flexibility index (Phi) is 4.87. The van der Waals surface area contributed by atoms with E-state index in [0.717, 1.165) is 37.9 Å². The van der Waals surface area contributed by atoms with Crippen molar-refractivity contribution in [1.29, 1.82) is 0 Å². The average Bonchev–Trinajstić information content (AvgIpc) is 3.23. The molecular formula is C25H34N4O2. The molecule has 0 bridgehead atoms. The molecular weight excluding hydrogens is 388 g/mol. The Bertz CT molecular complexity index is 979. The lowest BCUT2D eigenvalue weighted by Crippen LogP contribution is -2.63. The monoisotopic (exact) mass is 422 g/mol. The number of ether oxygens (including phenoxy) is 1. The second kappa shape index (κ2) is 7.35. The molecule has 1 unspecified atom stereocenters. The van der Waals surface area contributed by atoms with Gasteiger partial charge in [0.25, 0.3) is 5.91 Å². The van der Waals surface area contributed by atoms with Gasteiger partial charge >= 0.3 is 0 Å². The normalized spacial score (nSPS) is 22.0. The summed E-state index contributed by atoms with van der Waals surface area (Å²) in [6, 6.07) is 2.45. The molecule has 5 rings (SSSR count). The number of nitrogens with zero attached hydrogens (tertiary/aromatic N) is 4. The second-order valence-electron chi connectivity index (χ2n) is 10.7. The number of hydrogen-bond donors (Lipinski definition) is 0. The predicted octanol–water partition coefficient (Wildman–Crippen LogP) is 4.76. The average molecular weight is 423 g/mol. The molecule has 1 spiro atoms. The molecule has 1 aliphatic heterocycles. The van der Waals surface area contributed by atoms with Crippen molar-refractivity contribution in [3.63, 3.8) is 0 Å². The van der Waals surface area contributed by atoms with E-state index in [2.05, 4.69) is 41.5 Å². The molecule has 6 heteroatoms. The van der Waals surface area contributed by atoms with Crippen molar-refractivity contribution >= 4 is 5.91 Å². The van der Waals surface area contributed by atoms with Gasteiger partial charge in [-0.3, -0.25) is 4.79 Å². The van der Waals surface area contributed by atoms with Gasteiger partial charge in [-0.15, -0.1) is 0 Å². The van der Waals surface area contributed by atoms with E-state index in [1.807, 2.05) is 24.2 Å². The molecule has 3 aliphatic rings. The molecule has 1 saturated heterocycles. The minimum Gasteiger partial charge on any atom is -0.477 e. The van der Waals surface area contributed by atoms with Gasteiger partial charge in [0, 0.05) is 47.9 Å². The van der Waals surface area contributed by atoms with Crippen LogP contribution in [0.1, 0.15) is 86.5 Å². The highest BCUT2D eigenvalue weighted by molar-refractivity contribution is 5.94. The molecule has 2 saturated carbocycles. The SMILES string of the molecule is CCC(C)c1cn(C2CC3(C2)CN(C(=O)c2cnc(OCC4(C)CC4)c(C)c2)C3)cn1. The summed E-state index contributed by atoms with van der Waals surface area (Å²) in [4.78, 5) is 23.9. The Hall–Kier alpha value is -2.37. The zero-order valence-electron chi connectivity index (χ0n) is 19.2. The summed E-state index contributed by atoms with van der Waals surface area (Å²) < 4.78 is 8.18.